The number of nitrogens with zero attached hydrogens (tertiary/aromatic N) is 1. The van der Waals surface area contributed by atoms with Gasteiger partial charge in [0, 0.05) is 18.6 Å². The molecule has 2 aliphatic rings. The van der Waals surface area contributed by atoms with E-state index >= 15 is 0 Å². The summed E-state index contributed by atoms with van der Waals surface area (Å²) in [6, 6.07) is 0.113. The number of fused-ring (bicyclic) bond motifs is 1. The second-order valence-electron chi connectivity index (χ2n) is 5.03. The van der Waals surface area contributed by atoms with Gasteiger partial charge in [-0.25, -0.2) is 0 Å². The zero-order chi connectivity index (χ0) is 12.4. The van der Waals surface area contributed by atoms with Gasteiger partial charge < -0.3 is 14.6 Å². The summed E-state index contributed by atoms with van der Waals surface area (Å²) in [7, 11) is 0. The third-order valence-electron chi connectivity index (χ3n) is 3.66. The molecule has 0 bridgehead atoms. The highest BCUT2D eigenvalue weighted by Gasteiger charge is 2.26. The van der Waals surface area contributed by atoms with Crippen molar-refractivity contribution in [1.29, 1.82) is 0 Å². The third-order valence-corrected chi connectivity index (χ3v) is 3.66. The number of amides is 1. The standard InChI is InChI=1S/C13H18N2O3/c16-13(14-9-4-3-7-17-8-9)12-10-5-1-2-6-11(10)18-15-12/h9H,1-8H2,(H,14,16)/t9-/m0/s1. The summed E-state index contributed by atoms with van der Waals surface area (Å²) < 4.78 is 10.6. The van der Waals surface area contributed by atoms with Crippen molar-refractivity contribution in [3.8, 4) is 0 Å². The van der Waals surface area contributed by atoms with Crippen LogP contribution in [0.2, 0.25) is 0 Å². The average molecular weight is 250 g/mol. The van der Waals surface area contributed by atoms with E-state index in [9.17, 15) is 4.79 Å². The Morgan fingerprint density at radius 2 is 2.17 bits per heavy atom. The maximum Gasteiger partial charge on any atom is 0.274 e. The van der Waals surface area contributed by atoms with Crippen molar-refractivity contribution in [2.75, 3.05) is 13.2 Å². The van der Waals surface area contributed by atoms with Crippen LogP contribution in [-0.2, 0) is 17.6 Å². The summed E-state index contributed by atoms with van der Waals surface area (Å²) in [6.07, 6.45) is 6.03. The molecule has 5 heteroatoms. The van der Waals surface area contributed by atoms with Crippen molar-refractivity contribution in [3.63, 3.8) is 0 Å². The number of aryl methyl sites for hydroxylation is 1. The number of hydrogen-bond acceptors (Lipinski definition) is 4. The highest BCUT2D eigenvalue weighted by Crippen LogP contribution is 2.24. The van der Waals surface area contributed by atoms with Crippen LogP contribution in [0, 0.1) is 0 Å². The number of carbonyl (C=O) groups excluding carboxylic acids is 1. The number of rotatable bonds is 2. The van der Waals surface area contributed by atoms with Gasteiger partial charge in [0.25, 0.3) is 5.91 Å². The predicted octanol–water partition coefficient (Wildman–Crippen LogP) is 1.46. The lowest BCUT2D eigenvalue weighted by molar-refractivity contribution is 0.0620. The van der Waals surface area contributed by atoms with Gasteiger partial charge in [0.15, 0.2) is 5.69 Å². The Labute approximate surface area is 106 Å². The molecule has 18 heavy (non-hydrogen) atoms. The number of hydrogen-bond donors (Lipinski definition) is 1. The summed E-state index contributed by atoms with van der Waals surface area (Å²) in [6.45, 7) is 1.40. The Bertz CT molecular complexity index is 435. The van der Waals surface area contributed by atoms with Gasteiger partial charge in [-0.05, 0) is 32.1 Å². The first-order valence-electron chi connectivity index (χ1n) is 6.70. The quantitative estimate of drug-likeness (QED) is 0.863. The largest absolute Gasteiger partial charge is 0.379 e. The normalized spacial score (nSPS) is 23.4. The molecule has 1 amide bonds. The van der Waals surface area contributed by atoms with Crippen molar-refractivity contribution in [2.24, 2.45) is 0 Å². The van der Waals surface area contributed by atoms with E-state index in [4.69, 9.17) is 9.26 Å². The molecule has 1 saturated heterocycles. The van der Waals surface area contributed by atoms with E-state index in [2.05, 4.69) is 10.5 Å². The summed E-state index contributed by atoms with van der Waals surface area (Å²) in [4.78, 5) is 12.2. The summed E-state index contributed by atoms with van der Waals surface area (Å²) >= 11 is 0. The Hall–Kier alpha value is -1.36. The van der Waals surface area contributed by atoms with Crippen LogP contribution < -0.4 is 5.32 Å². The van der Waals surface area contributed by atoms with Gasteiger partial charge in [0.1, 0.15) is 5.76 Å². The molecular weight excluding hydrogens is 232 g/mol. The first-order valence-corrected chi connectivity index (χ1v) is 6.70. The molecule has 0 spiro atoms. The Kier molecular flexibility index (Phi) is 3.32. The molecule has 1 N–H and O–H groups in total. The second kappa shape index (κ2) is 5.10. The fourth-order valence-corrected chi connectivity index (χ4v) is 2.67. The highest BCUT2D eigenvalue weighted by atomic mass is 16.5. The number of ether oxygens (including phenoxy) is 1. The zero-order valence-electron chi connectivity index (χ0n) is 10.4. The van der Waals surface area contributed by atoms with E-state index in [0.717, 1.165) is 56.5 Å². The SMILES string of the molecule is O=C(N[C@H]1CCCOC1)c1noc2c1CCCC2. The smallest absolute Gasteiger partial charge is 0.274 e. The van der Waals surface area contributed by atoms with Gasteiger partial charge in [-0.2, -0.15) is 0 Å². The lowest BCUT2D eigenvalue weighted by Crippen LogP contribution is -2.41. The van der Waals surface area contributed by atoms with Crippen LogP contribution in [0.4, 0.5) is 0 Å². The van der Waals surface area contributed by atoms with Gasteiger partial charge in [-0.3, -0.25) is 4.79 Å². The lowest BCUT2D eigenvalue weighted by Gasteiger charge is -2.22. The molecule has 2 heterocycles. The zero-order valence-corrected chi connectivity index (χ0v) is 10.4. The lowest BCUT2D eigenvalue weighted by atomic mass is 9.96. The van der Waals surface area contributed by atoms with E-state index in [1.54, 1.807) is 0 Å². The van der Waals surface area contributed by atoms with Crippen molar-refractivity contribution >= 4 is 5.91 Å². The topological polar surface area (TPSA) is 64.4 Å². The molecular formula is C13H18N2O3. The Morgan fingerprint density at radius 3 is 3.00 bits per heavy atom. The summed E-state index contributed by atoms with van der Waals surface area (Å²) in [5.41, 5.74) is 1.49. The first kappa shape index (κ1) is 11.7. The van der Waals surface area contributed by atoms with Crippen molar-refractivity contribution in [3.05, 3.63) is 17.0 Å². The highest BCUT2D eigenvalue weighted by molar-refractivity contribution is 5.94. The van der Waals surface area contributed by atoms with Crippen LogP contribution >= 0.6 is 0 Å². The molecule has 98 valence electrons. The van der Waals surface area contributed by atoms with E-state index < -0.39 is 0 Å². The van der Waals surface area contributed by atoms with Crippen LogP contribution in [0.1, 0.15) is 47.5 Å². The minimum Gasteiger partial charge on any atom is -0.379 e. The first-order chi connectivity index (χ1) is 8.84. The van der Waals surface area contributed by atoms with Crippen LogP contribution in [0.15, 0.2) is 4.52 Å². The summed E-state index contributed by atoms with van der Waals surface area (Å²) in [5.74, 6) is 0.781. The van der Waals surface area contributed by atoms with Gasteiger partial charge in [-0.1, -0.05) is 5.16 Å². The van der Waals surface area contributed by atoms with Gasteiger partial charge in [0.2, 0.25) is 0 Å². The molecule has 1 aliphatic heterocycles. The Morgan fingerprint density at radius 1 is 1.28 bits per heavy atom. The molecule has 1 atom stereocenters. The molecule has 1 fully saturated rings. The molecule has 0 aromatic carbocycles. The Balaban J connectivity index is 1.70. The van der Waals surface area contributed by atoms with Crippen LogP contribution in [0.25, 0.3) is 0 Å². The minimum absolute atomic E-state index is 0.113. The van der Waals surface area contributed by atoms with Gasteiger partial charge in [-0.15, -0.1) is 0 Å². The molecule has 5 nitrogen and oxygen atoms in total. The molecule has 0 saturated carbocycles. The monoisotopic (exact) mass is 250 g/mol. The number of aromatic nitrogens is 1. The maximum atomic E-state index is 12.2. The number of carbonyl (C=O) groups is 1. The van der Waals surface area contributed by atoms with Gasteiger partial charge in [0.05, 0.1) is 12.6 Å². The van der Waals surface area contributed by atoms with Crippen molar-refractivity contribution in [2.45, 2.75) is 44.6 Å². The van der Waals surface area contributed by atoms with Crippen LogP contribution in [-0.4, -0.2) is 30.3 Å². The van der Waals surface area contributed by atoms with Crippen molar-refractivity contribution < 1.29 is 14.1 Å². The molecule has 0 unspecified atom stereocenters. The van der Waals surface area contributed by atoms with Crippen LogP contribution in [0.3, 0.4) is 0 Å². The fraction of sp³-hybridized carbons (Fsp3) is 0.692. The van der Waals surface area contributed by atoms with Crippen molar-refractivity contribution in [1.82, 2.24) is 10.5 Å². The number of nitrogens with one attached hydrogen (secondary N) is 1. The third kappa shape index (κ3) is 2.27. The van der Waals surface area contributed by atoms with E-state index in [0.29, 0.717) is 12.3 Å². The molecule has 1 aromatic heterocycles. The predicted molar refractivity (Wildman–Crippen MR) is 64.5 cm³/mol. The summed E-state index contributed by atoms with van der Waals surface area (Å²) in [5, 5.41) is 6.92. The molecule has 1 aliphatic carbocycles. The van der Waals surface area contributed by atoms with E-state index in [1.807, 2.05) is 0 Å². The van der Waals surface area contributed by atoms with Gasteiger partial charge >= 0.3 is 0 Å². The van der Waals surface area contributed by atoms with E-state index in [1.165, 1.54) is 0 Å². The fourth-order valence-electron chi connectivity index (χ4n) is 2.67. The average Bonchev–Trinajstić information content (AvgIpc) is 2.84. The maximum absolute atomic E-state index is 12.2. The molecule has 1 aromatic rings. The molecule has 0 radical (unpaired) electrons. The van der Waals surface area contributed by atoms with Crippen LogP contribution in [0.5, 0.6) is 0 Å². The molecule has 3 rings (SSSR count). The minimum atomic E-state index is -0.114. The van der Waals surface area contributed by atoms with E-state index in [-0.39, 0.29) is 11.9 Å². The second-order valence-corrected chi connectivity index (χ2v) is 5.03.